The fourth-order valence-electron chi connectivity index (χ4n) is 2.64. The zero-order valence-electron chi connectivity index (χ0n) is 14.3. The van der Waals surface area contributed by atoms with Crippen molar-refractivity contribution in [1.29, 1.82) is 0 Å². The van der Waals surface area contributed by atoms with Crippen LogP contribution >= 0.6 is 0 Å². The number of nitrogen functional groups attached to an aromatic ring is 1. The number of hydrogen-bond acceptors (Lipinski definition) is 5. The van der Waals surface area contributed by atoms with E-state index in [4.69, 9.17) is 5.73 Å². The van der Waals surface area contributed by atoms with Crippen LogP contribution in [0.4, 0.5) is 23.5 Å². The van der Waals surface area contributed by atoms with Gasteiger partial charge in [0.1, 0.15) is 5.82 Å². The molecule has 10 heteroatoms. The van der Waals surface area contributed by atoms with Crippen LogP contribution in [0.1, 0.15) is 5.56 Å². The van der Waals surface area contributed by atoms with Gasteiger partial charge in [-0.2, -0.15) is 13.2 Å². The minimum atomic E-state index is -4.71. The molecular weight excluding hydrogens is 398 g/mol. The molecule has 2 N–H and O–H groups in total. The van der Waals surface area contributed by atoms with E-state index in [0.29, 0.717) is 11.6 Å². The molecule has 28 heavy (non-hydrogen) atoms. The Bertz CT molecular complexity index is 1140. The first-order valence-electron chi connectivity index (χ1n) is 7.76. The van der Waals surface area contributed by atoms with E-state index in [1.807, 2.05) is 0 Å². The molecule has 0 aliphatic rings. The number of halogens is 4. The Labute approximate surface area is 157 Å². The summed E-state index contributed by atoms with van der Waals surface area (Å²) in [6.07, 6.45) is -1.27. The van der Waals surface area contributed by atoms with E-state index in [9.17, 15) is 26.0 Å². The number of aromatic nitrogens is 2. The van der Waals surface area contributed by atoms with Gasteiger partial charge in [0.05, 0.1) is 10.5 Å². The summed E-state index contributed by atoms with van der Waals surface area (Å²) in [5, 5.41) is 0. The molecule has 0 radical (unpaired) electrons. The van der Waals surface area contributed by atoms with Gasteiger partial charge in [0.2, 0.25) is 5.95 Å². The summed E-state index contributed by atoms with van der Waals surface area (Å²) in [4.78, 5) is 7.00. The second-order valence-corrected chi connectivity index (χ2v) is 7.99. The molecule has 0 aliphatic heterocycles. The van der Waals surface area contributed by atoms with E-state index in [0.717, 1.165) is 24.5 Å². The smallest absolute Gasteiger partial charge is 0.368 e. The first kappa shape index (κ1) is 19.7. The van der Waals surface area contributed by atoms with Crippen molar-refractivity contribution in [1.82, 2.24) is 9.97 Å². The van der Waals surface area contributed by atoms with Crippen molar-refractivity contribution in [2.24, 2.45) is 0 Å². The Kier molecular flexibility index (Phi) is 4.84. The summed E-state index contributed by atoms with van der Waals surface area (Å²) < 4.78 is 77.5. The second-order valence-electron chi connectivity index (χ2n) is 6.01. The number of anilines is 1. The highest BCUT2D eigenvalue weighted by Gasteiger charge is 2.32. The Hall–Kier alpha value is -3.01. The van der Waals surface area contributed by atoms with Crippen LogP contribution < -0.4 is 5.73 Å². The van der Waals surface area contributed by atoms with Crippen molar-refractivity contribution in [3.8, 4) is 22.3 Å². The molecule has 0 saturated carbocycles. The minimum absolute atomic E-state index is 0.0170. The van der Waals surface area contributed by atoms with Gasteiger partial charge >= 0.3 is 6.18 Å². The Morgan fingerprint density at radius 1 is 0.929 bits per heavy atom. The molecule has 0 spiro atoms. The van der Waals surface area contributed by atoms with E-state index in [-0.39, 0.29) is 22.6 Å². The van der Waals surface area contributed by atoms with Gasteiger partial charge in [0, 0.05) is 35.3 Å². The average Bonchev–Trinajstić information content (AvgIpc) is 2.60. The molecule has 0 unspecified atom stereocenters. The van der Waals surface area contributed by atoms with Gasteiger partial charge in [-0.15, -0.1) is 0 Å². The van der Waals surface area contributed by atoms with Crippen molar-refractivity contribution < 1.29 is 26.0 Å². The lowest BCUT2D eigenvalue weighted by Crippen LogP contribution is -2.08. The van der Waals surface area contributed by atoms with Gasteiger partial charge in [-0.25, -0.2) is 22.8 Å². The SMILES string of the molecule is CS(=O)(=O)c1cc(C(F)(F)F)ccc1-c1ccc(-c2cnc(N)nc2)c(F)c1. The fourth-order valence-corrected chi connectivity index (χ4v) is 3.56. The third-order valence-electron chi connectivity index (χ3n) is 3.97. The van der Waals surface area contributed by atoms with Crippen LogP contribution in [0.15, 0.2) is 53.7 Å². The van der Waals surface area contributed by atoms with Crippen LogP contribution in [0.5, 0.6) is 0 Å². The Morgan fingerprint density at radius 2 is 1.54 bits per heavy atom. The van der Waals surface area contributed by atoms with Gasteiger partial charge in [0.25, 0.3) is 0 Å². The lowest BCUT2D eigenvalue weighted by atomic mass is 10.00. The number of hydrogen-bond donors (Lipinski definition) is 1. The third-order valence-corrected chi connectivity index (χ3v) is 5.11. The van der Waals surface area contributed by atoms with Crippen LogP contribution in [0, 0.1) is 5.82 Å². The zero-order chi connectivity index (χ0) is 20.7. The highest BCUT2D eigenvalue weighted by molar-refractivity contribution is 7.90. The van der Waals surface area contributed by atoms with E-state index < -0.39 is 32.3 Å². The predicted molar refractivity (Wildman–Crippen MR) is 95.4 cm³/mol. The number of nitrogens with zero attached hydrogens (tertiary/aromatic N) is 2. The lowest BCUT2D eigenvalue weighted by molar-refractivity contribution is -0.137. The highest BCUT2D eigenvalue weighted by Crippen LogP contribution is 2.36. The van der Waals surface area contributed by atoms with E-state index in [1.54, 1.807) is 0 Å². The fraction of sp³-hybridized carbons (Fsp3) is 0.111. The largest absolute Gasteiger partial charge is 0.416 e. The Morgan fingerprint density at radius 3 is 2.07 bits per heavy atom. The molecule has 0 bridgehead atoms. The number of sulfone groups is 1. The van der Waals surface area contributed by atoms with Gasteiger partial charge in [-0.05, 0) is 23.8 Å². The van der Waals surface area contributed by atoms with Crippen LogP contribution in [0.2, 0.25) is 0 Å². The van der Waals surface area contributed by atoms with E-state index >= 15 is 0 Å². The van der Waals surface area contributed by atoms with Crippen LogP contribution in [0.25, 0.3) is 22.3 Å². The lowest BCUT2D eigenvalue weighted by Gasteiger charge is -2.13. The summed E-state index contributed by atoms with van der Waals surface area (Å²) in [5.41, 5.74) is 4.85. The first-order chi connectivity index (χ1) is 13.0. The van der Waals surface area contributed by atoms with Crippen molar-refractivity contribution in [3.63, 3.8) is 0 Å². The standard InChI is InChI=1S/C18H13F4N3O2S/c1-28(26,27)16-7-12(18(20,21)22)3-5-14(16)10-2-4-13(15(19)6-10)11-8-24-17(23)25-9-11/h2-9H,1H3,(H2,23,24,25). The number of benzene rings is 2. The molecule has 1 heterocycles. The summed E-state index contributed by atoms with van der Waals surface area (Å²) >= 11 is 0. The topological polar surface area (TPSA) is 85.9 Å². The van der Waals surface area contributed by atoms with E-state index in [1.165, 1.54) is 24.5 Å². The zero-order valence-corrected chi connectivity index (χ0v) is 15.1. The van der Waals surface area contributed by atoms with Gasteiger partial charge in [-0.1, -0.05) is 18.2 Å². The van der Waals surface area contributed by atoms with Crippen molar-refractivity contribution in [2.75, 3.05) is 12.0 Å². The maximum Gasteiger partial charge on any atom is 0.416 e. The molecule has 1 aromatic heterocycles. The molecule has 2 aromatic carbocycles. The molecule has 0 atom stereocenters. The van der Waals surface area contributed by atoms with Crippen LogP contribution in [-0.4, -0.2) is 24.6 Å². The monoisotopic (exact) mass is 411 g/mol. The number of nitrogens with two attached hydrogens (primary N) is 1. The van der Waals surface area contributed by atoms with Gasteiger partial charge in [0.15, 0.2) is 9.84 Å². The predicted octanol–water partition coefficient (Wildman–Crippen LogP) is 3.95. The average molecular weight is 411 g/mol. The molecule has 3 aromatic rings. The molecule has 3 rings (SSSR count). The maximum atomic E-state index is 14.6. The van der Waals surface area contributed by atoms with Gasteiger partial charge in [-0.3, -0.25) is 0 Å². The summed E-state index contributed by atoms with van der Waals surface area (Å²) in [6.45, 7) is 0. The summed E-state index contributed by atoms with van der Waals surface area (Å²) in [7, 11) is -4.00. The normalized spacial score (nSPS) is 12.2. The number of rotatable bonds is 3. The molecule has 146 valence electrons. The van der Waals surface area contributed by atoms with Crippen LogP contribution in [-0.2, 0) is 16.0 Å². The second kappa shape index (κ2) is 6.86. The third kappa shape index (κ3) is 3.96. The maximum absolute atomic E-state index is 14.6. The minimum Gasteiger partial charge on any atom is -0.368 e. The van der Waals surface area contributed by atoms with Crippen molar-refractivity contribution in [3.05, 3.63) is 60.2 Å². The molecular formula is C18H13F4N3O2S. The molecule has 5 nitrogen and oxygen atoms in total. The van der Waals surface area contributed by atoms with Crippen molar-refractivity contribution >= 4 is 15.8 Å². The van der Waals surface area contributed by atoms with Gasteiger partial charge < -0.3 is 5.73 Å². The number of alkyl halides is 3. The molecule has 0 fully saturated rings. The molecule has 0 saturated heterocycles. The summed E-state index contributed by atoms with van der Waals surface area (Å²) in [6, 6.07) is 6.13. The van der Waals surface area contributed by atoms with E-state index in [2.05, 4.69) is 9.97 Å². The summed E-state index contributed by atoms with van der Waals surface area (Å²) in [5.74, 6) is -0.700. The molecule has 0 amide bonds. The highest BCUT2D eigenvalue weighted by atomic mass is 32.2. The van der Waals surface area contributed by atoms with Crippen LogP contribution in [0.3, 0.4) is 0 Å². The first-order valence-corrected chi connectivity index (χ1v) is 9.65. The Balaban J connectivity index is 2.13. The molecule has 0 aliphatic carbocycles. The quantitative estimate of drug-likeness (QED) is 0.660. The van der Waals surface area contributed by atoms with Crippen molar-refractivity contribution in [2.45, 2.75) is 11.1 Å².